The van der Waals surface area contributed by atoms with E-state index in [2.05, 4.69) is 10.3 Å². The molecule has 4 rings (SSSR count). The van der Waals surface area contributed by atoms with Gasteiger partial charge in [0.05, 0.1) is 19.3 Å². The Hall–Kier alpha value is -1.55. The van der Waals surface area contributed by atoms with E-state index in [4.69, 9.17) is 9.47 Å². The van der Waals surface area contributed by atoms with Crippen molar-refractivity contribution in [2.24, 2.45) is 5.92 Å². The molecule has 0 spiro atoms. The molecule has 1 saturated carbocycles. The number of nitrogens with zero attached hydrogens (tertiary/aromatic N) is 3. The number of fused-ring (bicyclic) bond motifs is 1. The highest BCUT2D eigenvalue weighted by Crippen LogP contribution is 2.28. The van der Waals surface area contributed by atoms with Crippen LogP contribution >= 0.6 is 11.3 Å². The van der Waals surface area contributed by atoms with Crippen LogP contribution in [-0.4, -0.2) is 85.2 Å². The number of likely N-dealkylation sites (tertiary alicyclic amines) is 1. The third kappa shape index (κ3) is 5.19. The van der Waals surface area contributed by atoms with Crippen molar-refractivity contribution in [2.75, 3.05) is 40.4 Å². The highest BCUT2D eigenvalue weighted by molar-refractivity contribution is 7.09. The summed E-state index contributed by atoms with van der Waals surface area (Å²) in [5.41, 5.74) is 0.436. The van der Waals surface area contributed by atoms with Crippen LogP contribution < -0.4 is 5.32 Å². The second kappa shape index (κ2) is 9.72. The average molecular weight is 437 g/mol. The quantitative estimate of drug-likeness (QED) is 0.753. The molecule has 1 aliphatic carbocycles. The van der Waals surface area contributed by atoms with Gasteiger partial charge in [-0.2, -0.15) is 0 Å². The van der Waals surface area contributed by atoms with Gasteiger partial charge < -0.3 is 24.6 Å². The van der Waals surface area contributed by atoms with Gasteiger partial charge >= 0.3 is 0 Å². The van der Waals surface area contributed by atoms with Crippen LogP contribution in [0.5, 0.6) is 0 Å². The molecule has 1 aromatic heterocycles. The van der Waals surface area contributed by atoms with Gasteiger partial charge in [-0.05, 0) is 26.9 Å². The van der Waals surface area contributed by atoms with E-state index in [1.54, 1.807) is 5.38 Å². The zero-order chi connectivity index (χ0) is 21.1. The van der Waals surface area contributed by atoms with Gasteiger partial charge in [-0.15, -0.1) is 11.3 Å². The molecule has 166 valence electrons. The number of aromatic nitrogens is 1. The first-order valence-corrected chi connectivity index (χ1v) is 11.8. The molecule has 0 radical (unpaired) electrons. The van der Waals surface area contributed by atoms with Crippen molar-refractivity contribution in [2.45, 2.75) is 56.9 Å². The highest BCUT2D eigenvalue weighted by Gasteiger charge is 2.41. The van der Waals surface area contributed by atoms with Gasteiger partial charge in [0, 0.05) is 30.9 Å². The van der Waals surface area contributed by atoms with Crippen LogP contribution in [0.4, 0.5) is 0 Å². The van der Waals surface area contributed by atoms with E-state index in [1.165, 1.54) is 17.8 Å². The third-order valence-electron chi connectivity index (χ3n) is 6.08. The summed E-state index contributed by atoms with van der Waals surface area (Å²) in [6, 6.07) is -0.218. The molecule has 2 saturated heterocycles. The minimum atomic E-state index is -0.218. The number of rotatable bonds is 5. The summed E-state index contributed by atoms with van der Waals surface area (Å²) in [6.07, 6.45) is 5.32. The van der Waals surface area contributed by atoms with Gasteiger partial charge in [-0.25, -0.2) is 4.98 Å². The standard InChI is InChI=1S/C21H32N4O4S/c1-24(2)10-19-23-16(13-30-19)20(26)22-15-11-28-17-8-25(9-18(17)29-12-15)21(27)14-6-4-3-5-7-14/h13-15,17-18H,3-12H2,1-2H3,(H,22,26)/t17-,18-/m0/s1. The lowest BCUT2D eigenvalue weighted by Gasteiger charge is -2.26. The number of carbonyl (C=O) groups is 2. The first kappa shape index (κ1) is 21.7. The Bertz CT molecular complexity index is 733. The lowest BCUT2D eigenvalue weighted by atomic mass is 9.88. The summed E-state index contributed by atoms with van der Waals surface area (Å²) in [4.78, 5) is 33.7. The van der Waals surface area contributed by atoms with Crippen LogP contribution in [0, 0.1) is 5.92 Å². The van der Waals surface area contributed by atoms with Gasteiger partial charge in [0.2, 0.25) is 5.91 Å². The van der Waals surface area contributed by atoms with E-state index in [0.717, 1.165) is 30.7 Å². The van der Waals surface area contributed by atoms with Crippen LogP contribution in [0.2, 0.25) is 0 Å². The van der Waals surface area contributed by atoms with E-state index in [0.29, 0.717) is 38.5 Å². The Balaban J connectivity index is 1.26. The van der Waals surface area contributed by atoms with Crippen LogP contribution in [0.1, 0.15) is 47.6 Å². The van der Waals surface area contributed by atoms with Crippen molar-refractivity contribution < 1.29 is 19.1 Å². The van der Waals surface area contributed by atoms with Gasteiger partial charge in [0.15, 0.2) is 0 Å². The second-order valence-electron chi connectivity index (χ2n) is 8.86. The maximum absolute atomic E-state index is 12.8. The lowest BCUT2D eigenvalue weighted by molar-refractivity contribution is -0.136. The molecule has 30 heavy (non-hydrogen) atoms. The Morgan fingerprint density at radius 2 is 1.83 bits per heavy atom. The first-order valence-electron chi connectivity index (χ1n) is 10.9. The largest absolute Gasteiger partial charge is 0.371 e. The Morgan fingerprint density at radius 1 is 1.17 bits per heavy atom. The van der Waals surface area contributed by atoms with E-state index >= 15 is 0 Å². The predicted molar refractivity (Wildman–Crippen MR) is 113 cm³/mol. The predicted octanol–water partition coefficient (Wildman–Crippen LogP) is 1.51. The van der Waals surface area contributed by atoms with Crippen molar-refractivity contribution in [3.8, 4) is 0 Å². The van der Waals surface area contributed by atoms with Crippen molar-refractivity contribution in [3.05, 3.63) is 16.1 Å². The van der Waals surface area contributed by atoms with Crippen molar-refractivity contribution in [1.82, 2.24) is 20.1 Å². The number of carbonyl (C=O) groups excluding carboxylic acids is 2. The minimum absolute atomic E-state index is 0.120. The van der Waals surface area contributed by atoms with Crippen molar-refractivity contribution in [1.29, 1.82) is 0 Å². The Morgan fingerprint density at radius 3 is 2.47 bits per heavy atom. The van der Waals surface area contributed by atoms with Crippen LogP contribution in [0.3, 0.4) is 0 Å². The average Bonchev–Trinajstić information content (AvgIpc) is 3.32. The SMILES string of the molecule is CN(C)Cc1nc(C(=O)NC2CO[C@H]3CN(C(=O)C4CCCCC4)C[C@@H]3OC2)cs1. The molecule has 3 aliphatic rings. The molecule has 1 N–H and O–H groups in total. The Labute approximate surface area is 181 Å². The molecule has 0 unspecified atom stereocenters. The number of nitrogens with one attached hydrogen (secondary N) is 1. The summed E-state index contributed by atoms with van der Waals surface area (Å²) in [5.74, 6) is 0.232. The molecular formula is C21H32N4O4S. The third-order valence-corrected chi connectivity index (χ3v) is 6.91. The fourth-order valence-electron chi connectivity index (χ4n) is 4.48. The molecule has 3 fully saturated rings. The first-order chi connectivity index (χ1) is 14.5. The molecule has 0 bridgehead atoms. The summed E-state index contributed by atoms with van der Waals surface area (Å²) < 4.78 is 12.1. The molecule has 2 atom stereocenters. The lowest BCUT2D eigenvalue weighted by Crippen LogP contribution is -2.42. The summed E-state index contributed by atoms with van der Waals surface area (Å²) >= 11 is 1.49. The van der Waals surface area contributed by atoms with Gasteiger partial charge in [-0.3, -0.25) is 9.59 Å². The Kier molecular flexibility index (Phi) is 7.02. The topological polar surface area (TPSA) is 84.0 Å². The maximum Gasteiger partial charge on any atom is 0.271 e. The molecule has 8 nitrogen and oxygen atoms in total. The van der Waals surface area contributed by atoms with E-state index in [9.17, 15) is 9.59 Å². The molecular weight excluding hydrogens is 404 g/mol. The summed E-state index contributed by atoms with van der Waals surface area (Å²) in [5, 5.41) is 5.68. The van der Waals surface area contributed by atoms with E-state index in [1.807, 2.05) is 23.9 Å². The number of ether oxygens (including phenoxy) is 2. The van der Waals surface area contributed by atoms with Gasteiger partial charge in [0.25, 0.3) is 5.91 Å². The summed E-state index contributed by atoms with van der Waals surface area (Å²) in [7, 11) is 3.95. The molecule has 0 aromatic carbocycles. The van der Waals surface area contributed by atoms with Crippen molar-refractivity contribution >= 4 is 23.2 Å². The zero-order valence-electron chi connectivity index (χ0n) is 17.8. The number of hydrogen-bond donors (Lipinski definition) is 1. The van der Waals surface area contributed by atoms with Crippen LogP contribution in [0.25, 0.3) is 0 Å². The van der Waals surface area contributed by atoms with Crippen LogP contribution in [0.15, 0.2) is 5.38 Å². The fraction of sp³-hybridized carbons (Fsp3) is 0.762. The van der Waals surface area contributed by atoms with Crippen LogP contribution in [-0.2, 0) is 20.8 Å². The number of thiazole rings is 1. The number of amides is 2. The second-order valence-corrected chi connectivity index (χ2v) is 9.80. The van der Waals surface area contributed by atoms with E-state index < -0.39 is 0 Å². The van der Waals surface area contributed by atoms with Gasteiger partial charge in [-0.1, -0.05) is 19.3 Å². The summed E-state index contributed by atoms with van der Waals surface area (Å²) in [6.45, 7) is 2.65. The molecule has 1 aromatic rings. The van der Waals surface area contributed by atoms with Gasteiger partial charge in [0.1, 0.15) is 22.9 Å². The highest BCUT2D eigenvalue weighted by atomic mass is 32.1. The minimum Gasteiger partial charge on any atom is -0.371 e. The van der Waals surface area contributed by atoms with E-state index in [-0.39, 0.29) is 36.0 Å². The molecule has 9 heteroatoms. The molecule has 3 heterocycles. The normalized spacial score (nSPS) is 25.9. The maximum atomic E-state index is 12.8. The zero-order valence-corrected chi connectivity index (χ0v) is 18.7. The monoisotopic (exact) mass is 436 g/mol. The number of hydrogen-bond acceptors (Lipinski definition) is 7. The molecule has 2 amide bonds. The smallest absolute Gasteiger partial charge is 0.271 e. The molecule has 2 aliphatic heterocycles. The van der Waals surface area contributed by atoms with Crippen molar-refractivity contribution in [3.63, 3.8) is 0 Å². The fourth-order valence-corrected chi connectivity index (χ4v) is 5.37.